The van der Waals surface area contributed by atoms with Gasteiger partial charge in [0.1, 0.15) is 6.29 Å². The molecule has 0 aliphatic carbocycles. The Morgan fingerprint density at radius 3 is 2.26 bits per heavy atom. The number of carbonyl (C=O) groups excluding carboxylic acids is 1. The van der Waals surface area contributed by atoms with Gasteiger partial charge in [0.05, 0.1) is 12.2 Å². The van der Waals surface area contributed by atoms with Crippen LogP contribution in [-0.2, 0) is 9.53 Å². The van der Waals surface area contributed by atoms with Gasteiger partial charge in [-0.05, 0) is 25.7 Å². The zero-order chi connectivity index (χ0) is 17.3. The lowest BCUT2D eigenvalue weighted by molar-refractivity contribution is -0.116. The fraction of sp³-hybridized carbons (Fsp3) is 0.833. The lowest BCUT2D eigenvalue weighted by Crippen LogP contribution is -2.30. The van der Waals surface area contributed by atoms with E-state index in [-0.39, 0.29) is 0 Å². The molecule has 0 aromatic rings. The number of allylic oxidation sites excluding steroid dienone is 1. The Hall–Kier alpha value is -0.420. The average molecular weight is 349 g/mol. The SMILES string of the molecule is CCCCCC(OC(O)Cl)C(O)C=CCCCCCCCC=O. The zero-order valence-electron chi connectivity index (χ0n) is 14.3. The molecule has 0 bridgehead atoms. The number of hydrogen-bond acceptors (Lipinski definition) is 4. The second-order valence-corrected chi connectivity index (χ2v) is 6.27. The first-order chi connectivity index (χ1) is 11.1. The van der Waals surface area contributed by atoms with Crippen molar-refractivity contribution in [1.29, 1.82) is 0 Å². The van der Waals surface area contributed by atoms with E-state index in [2.05, 4.69) is 6.92 Å². The highest BCUT2D eigenvalue weighted by atomic mass is 35.5. The van der Waals surface area contributed by atoms with Crippen molar-refractivity contribution >= 4 is 17.9 Å². The molecule has 0 aromatic heterocycles. The maximum Gasteiger partial charge on any atom is 0.235 e. The van der Waals surface area contributed by atoms with Crippen LogP contribution < -0.4 is 0 Å². The monoisotopic (exact) mass is 348 g/mol. The summed E-state index contributed by atoms with van der Waals surface area (Å²) in [4.78, 5) is 10.2. The molecule has 0 radical (unpaired) electrons. The highest BCUT2D eigenvalue weighted by Gasteiger charge is 2.19. The lowest BCUT2D eigenvalue weighted by Gasteiger charge is -2.22. The predicted molar refractivity (Wildman–Crippen MR) is 94.4 cm³/mol. The molecule has 0 aromatic carbocycles. The van der Waals surface area contributed by atoms with Crippen molar-refractivity contribution in [2.75, 3.05) is 0 Å². The summed E-state index contributed by atoms with van der Waals surface area (Å²) in [5, 5.41) is 19.3. The van der Waals surface area contributed by atoms with Crippen LogP contribution in [0.4, 0.5) is 0 Å². The third-order valence-corrected chi connectivity index (χ3v) is 3.89. The van der Waals surface area contributed by atoms with Gasteiger partial charge < -0.3 is 19.7 Å². The van der Waals surface area contributed by atoms with Crippen molar-refractivity contribution in [3.05, 3.63) is 12.2 Å². The van der Waals surface area contributed by atoms with Crippen molar-refractivity contribution in [2.24, 2.45) is 0 Å². The van der Waals surface area contributed by atoms with Gasteiger partial charge in [0.2, 0.25) is 5.75 Å². The van der Waals surface area contributed by atoms with E-state index in [1.807, 2.05) is 6.08 Å². The Morgan fingerprint density at radius 1 is 1.00 bits per heavy atom. The maximum absolute atomic E-state index is 10.2. The number of aliphatic hydroxyl groups excluding tert-OH is 2. The van der Waals surface area contributed by atoms with Gasteiger partial charge in [-0.2, -0.15) is 0 Å². The predicted octanol–water partition coefficient (Wildman–Crippen LogP) is 4.31. The molecule has 0 fully saturated rings. The van der Waals surface area contributed by atoms with Gasteiger partial charge in [-0.3, -0.25) is 0 Å². The molecule has 0 spiro atoms. The van der Waals surface area contributed by atoms with Crippen molar-refractivity contribution in [2.45, 2.75) is 95.5 Å². The zero-order valence-corrected chi connectivity index (χ0v) is 15.1. The standard InChI is InChI=1S/C18H33ClO4/c1-2-3-10-14-17(23-18(19)22)16(21)13-11-8-6-4-5-7-9-12-15-20/h11,13,15-18,21-22H,2-10,12,14H2,1H3. The summed E-state index contributed by atoms with van der Waals surface area (Å²) >= 11 is 5.46. The molecule has 0 heterocycles. The van der Waals surface area contributed by atoms with E-state index < -0.39 is 18.0 Å². The van der Waals surface area contributed by atoms with Gasteiger partial charge in [0.25, 0.3) is 0 Å². The van der Waals surface area contributed by atoms with E-state index in [4.69, 9.17) is 21.4 Å². The number of hydrogen-bond donors (Lipinski definition) is 2. The number of aldehydes is 1. The van der Waals surface area contributed by atoms with Crippen LogP contribution in [0.3, 0.4) is 0 Å². The highest BCUT2D eigenvalue weighted by molar-refractivity contribution is 6.18. The molecule has 3 unspecified atom stereocenters. The first-order valence-electron chi connectivity index (χ1n) is 8.87. The molecule has 0 amide bonds. The minimum Gasteiger partial charge on any atom is -0.386 e. The lowest BCUT2D eigenvalue weighted by atomic mass is 10.0. The van der Waals surface area contributed by atoms with Crippen LogP contribution in [0.15, 0.2) is 12.2 Å². The fourth-order valence-electron chi connectivity index (χ4n) is 2.44. The summed E-state index contributed by atoms with van der Waals surface area (Å²) < 4.78 is 5.18. The van der Waals surface area contributed by atoms with Gasteiger partial charge in [-0.15, -0.1) is 0 Å². The van der Waals surface area contributed by atoms with Crippen molar-refractivity contribution in [1.82, 2.24) is 0 Å². The molecule has 0 aliphatic rings. The van der Waals surface area contributed by atoms with Crippen molar-refractivity contribution in [3.63, 3.8) is 0 Å². The summed E-state index contributed by atoms with van der Waals surface area (Å²) in [6.07, 6.45) is 14.3. The van der Waals surface area contributed by atoms with Crippen LogP contribution in [0.25, 0.3) is 0 Å². The first kappa shape index (κ1) is 22.6. The Bertz CT molecular complexity index is 295. The summed E-state index contributed by atoms with van der Waals surface area (Å²) in [5.41, 5.74) is 0. The van der Waals surface area contributed by atoms with Crippen LogP contribution in [0.5, 0.6) is 0 Å². The third-order valence-electron chi connectivity index (χ3n) is 3.79. The normalized spacial score (nSPS) is 15.7. The smallest absolute Gasteiger partial charge is 0.235 e. The fourth-order valence-corrected chi connectivity index (χ4v) is 2.57. The van der Waals surface area contributed by atoms with E-state index in [9.17, 15) is 9.90 Å². The topological polar surface area (TPSA) is 66.8 Å². The van der Waals surface area contributed by atoms with Crippen LogP contribution >= 0.6 is 11.6 Å². The minimum absolute atomic E-state index is 0.464. The van der Waals surface area contributed by atoms with E-state index in [0.29, 0.717) is 12.8 Å². The van der Waals surface area contributed by atoms with Gasteiger partial charge in [0, 0.05) is 6.42 Å². The van der Waals surface area contributed by atoms with E-state index >= 15 is 0 Å². The van der Waals surface area contributed by atoms with E-state index in [0.717, 1.165) is 64.1 Å². The minimum atomic E-state index is -1.38. The number of ether oxygens (including phenoxy) is 1. The second kappa shape index (κ2) is 16.4. The third kappa shape index (κ3) is 14.9. The Kier molecular flexibility index (Phi) is 16.1. The molecule has 3 atom stereocenters. The number of alkyl halides is 1. The number of aliphatic hydroxyl groups is 2. The molecule has 136 valence electrons. The van der Waals surface area contributed by atoms with Gasteiger partial charge in [0.15, 0.2) is 0 Å². The molecular weight excluding hydrogens is 316 g/mol. The number of halogens is 1. The molecule has 2 N–H and O–H groups in total. The number of unbranched alkanes of at least 4 members (excludes halogenated alkanes) is 8. The summed E-state index contributed by atoms with van der Waals surface area (Å²) in [5.74, 6) is -1.38. The Labute approximate surface area is 145 Å². The van der Waals surface area contributed by atoms with E-state index in [1.54, 1.807) is 6.08 Å². The molecule has 0 saturated carbocycles. The van der Waals surface area contributed by atoms with Crippen LogP contribution in [0, 0.1) is 0 Å². The van der Waals surface area contributed by atoms with Crippen LogP contribution in [0.2, 0.25) is 0 Å². The highest BCUT2D eigenvalue weighted by Crippen LogP contribution is 2.15. The van der Waals surface area contributed by atoms with Crippen molar-refractivity contribution in [3.8, 4) is 0 Å². The van der Waals surface area contributed by atoms with Crippen LogP contribution in [0.1, 0.15) is 77.6 Å². The summed E-state index contributed by atoms with van der Waals surface area (Å²) in [6.45, 7) is 2.11. The molecule has 23 heavy (non-hydrogen) atoms. The summed E-state index contributed by atoms with van der Waals surface area (Å²) in [6, 6.07) is 0. The molecule has 0 saturated heterocycles. The average Bonchev–Trinajstić information content (AvgIpc) is 2.52. The molecule has 4 nitrogen and oxygen atoms in total. The maximum atomic E-state index is 10.2. The van der Waals surface area contributed by atoms with Gasteiger partial charge in [-0.1, -0.05) is 69.2 Å². The second-order valence-electron chi connectivity index (χ2n) is 5.89. The first-order valence-corrected chi connectivity index (χ1v) is 9.31. The Morgan fingerprint density at radius 2 is 1.65 bits per heavy atom. The Balaban J connectivity index is 3.89. The quantitative estimate of drug-likeness (QED) is 0.143. The van der Waals surface area contributed by atoms with Crippen LogP contribution in [-0.4, -0.2) is 34.5 Å². The number of rotatable bonds is 16. The van der Waals surface area contributed by atoms with E-state index in [1.165, 1.54) is 0 Å². The molecule has 0 aliphatic heterocycles. The van der Waals surface area contributed by atoms with Crippen molar-refractivity contribution < 1.29 is 19.7 Å². The van der Waals surface area contributed by atoms with Gasteiger partial charge >= 0.3 is 0 Å². The summed E-state index contributed by atoms with van der Waals surface area (Å²) in [7, 11) is 0. The van der Waals surface area contributed by atoms with Gasteiger partial charge in [-0.25, -0.2) is 0 Å². The largest absolute Gasteiger partial charge is 0.386 e. The molecule has 5 heteroatoms. The molecule has 0 rings (SSSR count). The molecular formula is C18H33ClO4. The number of carbonyl (C=O) groups is 1.